The Morgan fingerprint density at radius 1 is 1.53 bits per heavy atom. The molecule has 0 saturated heterocycles. The minimum atomic E-state index is -0.624. The standard InChI is InChI=1S/C12H18ClN3O/c1-9-2-4-12(17,5-3-9)7-15-11-10(13)6-14-8-16-11/h6,8-9,17H,2-5,7H2,1H3,(H,14,15,16). The molecule has 1 saturated carbocycles. The number of hydrogen-bond acceptors (Lipinski definition) is 4. The summed E-state index contributed by atoms with van der Waals surface area (Å²) < 4.78 is 0. The van der Waals surface area contributed by atoms with Crippen LogP contribution in [-0.4, -0.2) is 27.2 Å². The first-order valence-corrected chi connectivity index (χ1v) is 6.39. The lowest BCUT2D eigenvalue weighted by Gasteiger charge is -2.35. The molecule has 0 atom stereocenters. The highest BCUT2D eigenvalue weighted by atomic mass is 35.5. The summed E-state index contributed by atoms with van der Waals surface area (Å²) in [6.07, 6.45) is 6.82. The fourth-order valence-corrected chi connectivity index (χ4v) is 2.34. The summed E-state index contributed by atoms with van der Waals surface area (Å²) in [4.78, 5) is 7.86. The van der Waals surface area contributed by atoms with Crippen molar-refractivity contribution in [3.05, 3.63) is 17.5 Å². The van der Waals surface area contributed by atoms with Crippen LogP contribution in [0.15, 0.2) is 12.5 Å². The fraction of sp³-hybridized carbons (Fsp3) is 0.667. The summed E-state index contributed by atoms with van der Waals surface area (Å²) in [6, 6.07) is 0. The first-order chi connectivity index (χ1) is 8.09. The van der Waals surface area contributed by atoms with Crippen molar-refractivity contribution in [1.29, 1.82) is 0 Å². The van der Waals surface area contributed by atoms with Crippen LogP contribution in [0.2, 0.25) is 5.02 Å². The average molecular weight is 256 g/mol. The minimum absolute atomic E-state index is 0.486. The molecule has 0 aromatic carbocycles. The molecule has 1 heterocycles. The van der Waals surface area contributed by atoms with Crippen molar-refractivity contribution in [3.63, 3.8) is 0 Å². The lowest BCUT2D eigenvalue weighted by molar-refractivity contribution is 0.00495. The smallest absolute Gasteiger partial charge is 0.148 e. The van der Waals surface area contributed by atoms with E-state index in [0.29, 0.717) is 17.4 Å². The zero-order valence-corrected chi connectivity index (χ0v) is 10.7. The van der Waals surface area contributed by atoms with Crippen molar-refractivity contribution in [2.45, 2.75) is 38.2 Å². The molecule has 94 valence electrons. The van der Waals surface area contributed by atoms with Gasteiger partial charge in [0.15, 0.2) is 0 Å². The van der Waals surface area contributed by atoms with Gasteiger partial charge >= 0.3 is 0 Å². The summed E-state index contributed by atoms with van der Waals surface area (Å²) in [5, 5.41) is 14.0. The van der Waals surface area contributed by atoms with Gasteiger partial charge < -0.3 is 10.4 Å². The van der Waals surface area contributed by atoms with E-state index < -0.39 is 5.60 Å². The maximum absolute atomic E-state index is 10.4. The Morgan fingerprint density at radius 2 is 2.24 bits per heavy atom. The Hall–Kier alpha value is -0.870. The van der Waals surface area contributed by atoms with Crippen LogP contribution < -0.4 is 5.32 Å². The fourth-order valence-electron chi connectivity index (χ4n) is 2.17. The molecule has 0 spiro atoms. The maximum atomic E-state index is 10.4. The number of rotatable bonds is 3. The maximum Gasteiger partial charge on any atom is 0.148 e. The van der Waals surface area contributed by atoms with E-state index in [4.69, 9.17) is 11.6 Å². The van der Waals surface area contributed by atoms with Crippen LogP contribution in [0.5, 0.6) is 0 Å². The Morgan fingerprint density at radius 3 is 2.88 bits per heavy atom. The van der Waals surface area contributed by atoms with Gasteiger partial charge in [0.25, 0.3) is 0 Å². The van der Waals surface area contributed by atoms with Crippen LogP contribution in [0.25, 0.3) is 0 Å². The zero-order valence-electron chi connectivity index (χ0n) is 9.99. The molecule has 5 heteroatoms. The number of nitrogens with one attached hydrogen (secondary N) is 1. The highest BCUT2D eigenvalue weighted by Gasteiger charge is 2.31. The first kappa shape index (κ1) is 12.6. The highest BCUT2D eigenvalue weighted by Crippen LogP contribution is 2.32. The highest BCUT2D eigenvalue weighted by molar-refractivity contribution is 6.32. The van der Waals surface area contributed by atoms with E-state index in [1.807, 2.05) is 0 Å². The third kappa shape index (κ3) is 3.30. The zero-order chi connectivity index (χ0) is 12.3. The summed E-state index contributed by atoms with van der Waals surface area (Å²) >= 11 is 5.94. The van der Waals surface area contributed by atoms with E-state index in [9.17, 15) is 5.11 Å². The van der Waals surface area contributed by atoms with Gasteiger partial charge in [0.2, 0.25) is 0 Å². The Labute approximate surface area is 106 Å². The van der Waals surface area contributed by atoms with Gasteiger partial charge in [-0.05, 0) is 31.6 Å². The van der Waals surface area contributed by atoms with E-state index >= 15 is 0 Å². The lowest BCUT2D eigenvalue weighted by Crippen LogP contribution is -2.40. The molecule has 0 bridgehead atoms. The monoisotopic (exact) mass is 255 g/mol. The molecule has 1 aromatic heterocycles. The predicted octanol–water partition coefficient (Wildman–Crippen LogP) is 2.48. The molecular formula is C12H18ClN3O. The van der Waals surface area contributed by atoms with E-state index in [2.05, 4.69) is 22.2 Å². The average Bonchev–Trinajstić information content (AvgIpc) is 2.33. The number of aromatic nitrogens is 2. The first-order valence-electron chi connectivity index (χ1n) is 6.01. The van der Waals surface area contributed by atoms with Gasteiger partial charge in [0.05, 0.1) is 11.8 Å². The molecule has 0 unspecified atom stereocenters. The van der Waals surface area contributed by atoms with Crippen LogP contribution in [0.4, 0.5) is 5.82 Å². The van der Waals surface area contributed by atoms with Gasteiger partial charge in [-0.2, -0.15) is 0 Å². The van der Waals surface area contributed by atoms with Crippen molar-refractivity contribution in [3.8, 4) is 0 Å². The van der Waals surface area contributed by atoms with Crippen molar-refractivity contribution in [2.24, 2.45) is 5.92 Å². The van der Waals surface area contributed by atoms with Crippen molar-refractivity contribution >= 4 is 17.4 Å². The van der Waals surface area contributed by atoms with Crippen LogP contribution in [0, 0.1) is 5.92 Å². The molecule has 0 radical (unpaired) electrons. The molecule has 1 aliphatic rings. The van der Waals surface area contributed by atoms with Gasteiger partial charge in [0.1, 0.15) is 17.2 Å². The molecule has 2 N–H and O–H groups in total. The van der Waals surface area contributed by atoms with E-state index in [0.717, 1.165) is 31.6 Å². The molecule has 1 fully saturated rings. The van der Waals surface area contributed by atoms with Gasteiger partial charge in [0, 0.05) is 6.54 Å². The number of anilines is 1. The van der Waals surface area contributed by atoms with Gasteiger partial charge in [-0.25, -0.2) is 9.97 Å². The SMILES string of the molecule is CC1CCC(O)(CNc2ncncc2Cl)CC1. The minimum Gasteiger partial charge on any atom is -0.388 e. The Balaban J connectivity index is 1.92. The Bertz CT molecular complexity index is 378. The largest absolute Gasteiger partial charge is 0.388 e. The molecule has 1 aliphatic carbocycles. The van der Waals surface area contributed by atoms with Gasteiger partial charge in [-0.3, -0.25) is 0 Å². The number of aliphatic hydroxyl groups is 1. The molecule has 2 rings (SSSR count). The summed E-state index contributed by atoms with van der Waals surface area (Å²) in [5.74, 6) is 1.31. The second-order valence-corrected chi connectivity index (χ2v) is 5.39. The quantitative estimate of drug-likeness (QED) is 0.871. The van der Waals surface area contributed by atoms with Crippen LogP contribution in [-0.2, 0) is 0 Å². The van der Waals surface area contributed by atoms with E-state index in [1.54, 1.807) is 6.20 Å². The summed E-state index contributed by atoms with van der Waals surface area (Å²) in [7, 11) is 0. The third-order valence-corrected chi connectivity index (χ3v) is 3.73. The molecule has 0 aliphatic heterocycles. The van der Waals surface area contributed by atoms with Crippen molar-refractivity contribution < 1.29 is 5.11 Å². The van der Waals surface area contributed by atoms with E-state index in [-0.39, 0.29) is 0 Å². The number of hydrogen-bond donors (Lipinski definition) is 2. The van der Waals surface area contributed by atoms with Gasteiger partial charge in [-0.1, -0.05) is 18.5 Å². The lowest BCUT2D eigenvalue weighted by atomic mass is 9.79. The third-order valence-electron chi connectivity index (χ3n) is 3.46. The topological polar surface area (TPSA) is 58.0 Å². The normalized spacial score (nSPS) is 29.0. The summed E-state index contributed by atoms with van der Waals surface area (Å²) in [6.45, 7) is 2.73. The molecule has 0 amide bonds. The van der Waals surface area contributed by atoms with Crippen LogP contribution >= 0.6 is 11.6 Å². The van der Waals surface area contributed by atoms with E-state index in [1.165, 1.54) is 6.33 Å². The molecule has 4 nitrogen and oxygen atoms in total. The second-order valence-electron chi connectivity index (χ2n) is 4.98. The number of halogens is 1. The molecule has 17 heavy (non-hydrogen) atoms. The van der Waals surface area contributed by atoms with Crippen molar-refractivity contribution in [1.82, 2.24) is 9.97 Å². The molecular weight excluding hydrogens is 238 g/mol. The second kappa shape index (κ2) is 5.19. The van der Waals surface area contributed by atoms with Gasteiger partial charge in [-0.15, -0.1) is 0 Å². The van der Waals surface area contributed by atoms with Crippen molar-refractivity contribution in [2.75, 3.05) is 11.9 Å². The van der Waals surface area contributed by atoms with Crippen LogP contribution in [0.3, 0.4) is 0 Å². The Kier molecular flexibility index (Phi) is 3.84. The summed E-state index contributed by atoms with van der Waals surface area (Å²) in [5.41, 5.74) is -0.624. The predicted molar refractivity (Wildman–Crippen MR) is 68.1 cm³/mol. The van der Waals surface area contributed by atoms with Crippen LogP contribution in [0.1, 0.15) is 32.6 Å². The number of nitrogens with zero attached hydrogens (tertiary/aromatic N) is 2. The molecule has 1 aromatic rings.